The molecule has 100 valence electrons. The van der Waals surface area contributed by atoms with Gasteiger partial charge in [0.25, 0.3) is 0 Å². The Bertz CT molecular complexity index is 540. The average Bonchev–Trinajstić information content (AvgIpc) is 2.24. The van der Waals surface area contributed by atoms with E-state index in [1.165, 1.54) is 18.2 Å². The first-order valence-corrected chi connectivity index (χ1v) is 7.19. The molecule has 1 aromatic carbocycles. The molecule has 1 aromatic rings. The zero-order chi connectivity index (χ0) is 14.0. The third-order valence-corrected chi connectivity index (χ3v) is 3.03. The van der Waals surface area contributed by atoms with Gasteiger partial charge in [-0.1, -0.05) is 12.1 Å². The maximum atomic E-state index is 11.7. The SMILES string of the molecule is CC(C)(C)OOC(=O)c1ccccc1S(C)(=O)=O. The Hall–Kier alpha value is -1.40. The summed E-state index contributed by atoms with van der Waals surface area (Å²) in [5.74, 6) is -0.828. The van der Waals surface area contributed by atoms with Crippen molar-refractivity contribution in [2.75, 3.05) is 6.26 Å². The zero-order valence-electron chi connectivity index (χ0n) is 10.8. The van der Waals surface area contributed by atoms with E-state index in [2.05, 4.69) is 4.89 Å². The van der Waals surface area contributed by atoms with E-state index in [9.17, 15) is 13.2 Å². The summed E-state index contributed by atoms with van der Waals surface area (Å²) in [5, 5.41) is 0. The van der Waals surface area contributed by atoms with Gasteiger partial charge in [-0.15, -0.1) is 0 Å². The Balaban J connectivity index is 3.01. The van der Waals surface area contributed by atoms with E-state index in [1.54, 1.807) is 26.8 Å². The number of carbonyl (C=O) groups is 1. The van der Waals surface area contributed by atoms with Crippen molar-refractivity contribution in [1.82, 2.24) is 0 Å². The Kier molecular flexibility index (Phi) is 4.13. The van der Waals surface area contributed by atoms with Crippen molar-refractivity contribution in [3.63, 3.8) is 0 Å². The molecule has 0 saturated carbocycles. The third-order valence-electron chi connectivity index (χ3n) is 1.87. The normalized spacial score (nSPS) is 12.2. The summed E-state index contributed by atoms with van der Waals surface area (Å²) < 4.78 is 23.0. The lowest BCUT2D eigenvalue weighted by atomic mass is 10.2. The highest BCUT2D eigenvalue weighted by Crippen LogP contribution is 2.17. The second-order valence-corrected chi connectivity index (χ2v) is 6.82. The second-order valence-electron chi connectivity index (χ2n) is 4.83. The summed E-state index contributed by atoms with van der Waals surface area (Å²) >= 11 is 0. The molecular formula is C12H16O5S. The Morgan fingerprint density at radius 2 is 1.72 bits per heavy atom. The molecular weight excluding hydrogens is 256 g/mol. The molecule has 0 aliphatic heterocycles. The van der Waals surface area contributed by atoms with Gasteiger partial charge in [-0.2, -0.15) is 4.89 Å². The van der Waals surface area contributed by atoms with Crippen LogP contribution >= 0.6 is 0 Å². The van der Waals surface area contributed by atoms with E-state index in [-0.39, 0.29) is 10.5 Å². The van der Waals surface area contributed by atoms with Gasteiger partial charge in [0.05, 0.1) is 10.5 Å². The van der Waals surface area contributed by atoms with Gasteiger partial charge in [0.15, 0.2) is 9.84 Å². The van der Waals surface area contributed by atoms with Gasteiger partial charge >= 0.3 is 5.97 Å². The molecule has 0 saturated heterocycles. The van der Waals surface area contributed by atoms with Crippen LogP contribution in [-0.4, -0.2) is 26.2 Å². The van der Waals surface area contributed by atoms with Crippen molar-refractivity contribution >= 4 is 15.8 Å². The summed E-state index contributed by atoms with van der Waals surface area (Å²) in [6.45, 7) is 5.13. The van der Waals surface area contributed by atoms with Gasteiger partial charge in [-0.3, -0.25) is 4.89 Å². The molecule has 0 atom stereocenters. The molecule has 0 aliphatic carbocycles. The van der Waals surface area contributed by atoms with Gasteiger partial charge in [0.2, 0.25) is 0 Å². The van der Waals surface area contributed by atoms with Crippen LogP contribution in [0, 0.1) is 0 Å². The van der Waals surface area contributed by atoms with Gasteiger partial charge < -0.3 is 0 Å². The summed E-state index contributed by atoms with van der Waals surface area (Å²) in [5.41, 5.74) is -0.695. The lowest BCUT2D eigenvalue weighted by molar-refractivity contribution is -0.301. The molecule has 1 rings (SSSR count). The van der Waals surface area contributed by atoms with Crippen LogP contribution in [0.4, 0.5) is 0 Å². The molecule has 0 spiro atoms. The van der Waals surface area contributed by atoms with Crippen LogP contribution in [0.5, 0.6) is 0 Å². The Morgan fingerprint density at radius 3 is 2.22 bits per heavy atom. The average molecular weight is 272 g/mol. The number of rotatable bonds is 3. The first kappa shape index (κ1) is 14.7. The molecule has 6 heteroatoms. The van der Waals surface area contributed by atoms with Crippen LogP contribution in [0.25, 0.3) is 0 Å². The van der Waals surface area contributed by atoms with E-state index in [0.29, 0.717) is 0 Å². The largest absolute Gasteiger partial charge is 0.374 e. The predicted molar refractivity (Wildman–Crippen MR) is 65.8 cm³/mol. The first-order chi connectivity index (χ1) is 8.11. The van der Waals surface area contributed by atoms with E-state index >= 15 is 0 Å². The maximum absolute atomic E-state index is 11.7. The van der Waals surface area contributed by atoms with E-state index in [4.69, 9.17) is 4.89 Å². The lowest BCUT2D eigenvalue weighted by Crippen LogP contribution is -2.22. The molecule has 0 fully saturated rings. The van der Waals surface area contributed by atoms with Crippen molar-refractivity contribution in [2.24, 2.45) is 0 Å². The van der Waals surface area contributed by atoms with Crippen LogP contribution in [0.3, 0.4) is 0 Å². The highest BCUT2D eigenvalue weighted by molar-refractivity contribution is 7.90. The van der Waals surface area contributed by atoms with Gasteiger partial charge in [0, 0.05) is 6.26 Å². The molecule has 0 bridgehead atoms. The minimum atomic E-state index is -3.49. The summed E-state index contributed by atoms with van der Waals surface area (Å²) in [7, 11) is -3.49. The second kappa shape index (κ2) is 5.07. The van der Waals surface area contributed by atoms with Crippen molar-refractivity contribution in [3.8, 4) is 0 Å². The van der Waals surface area contributed by atoms with E-state index < -0.39 is 21.4 Å². The Morgan fingerprint density at radius 1 is 1.17 bits per heavy atom. The van der Waals surface area contributed by atoms with Gasteiger partial charge in [-0.05, 0) is 32.9 Å². The number of hydrogen-bond donors (Lipinski definition) is 0. The standard InChI is InChI=1S/C12H16O5S/c1-12(2,3)17-16-11(13)9-7-5-6-8-10(9)18(4,14)15/h5-8H,1-4H3. The van der Waals surface area contributed by atoms with Crippen LogP contribution in [0.1, 0.15) is 31.1 Å². The Labute approximate surface area is 107 Å². The minimum absolute atomic E-state index is 0.0377. The maximum Gasteiger partial charge on any atom is 0.374 e. The van der Waals surface area contributed by atoms with Crippen molar-refractivity contribution in [1.29, 1.82) is 0 Å². The molecule has 0 heterocycles. The number of hydrogen-bond acceptors (Lipinski definition) is 5. The fourth-order valence-electron chi connectivity index (χ4n) is 1.17. The van der Waals surface area contributed by atoms with Crippen LogP contribution in [-0.2, 0) is 19.6 Å². The van der Waals surface area contributed by atoms with Crippen molar-refractivity contribution in [3.05, 3.63) is 29.8 Å². The molecule has 0 aliphatic rings. The van der Waals surface area contributed by atoms with Crippen molar-refractivity contribution in [2.45, 2.75) is 31.3 Å². The summed E-state index contributed by atoms with van der Waals surface area (Å²) in [6.07, 6.45) is 1.03. The molecule has 0 N–H and O–H groups in total. The number of benzene rings is 1. The minimum Gasteiger partial charge on any atom is -0.292 e. The fraction of sp³-hybridized carbons (Fsp3) is 0.417. The first-order valence-electron chi connectivity index (χ1n) is 5.30. The molecule has 18 heavy (non-hydrogen) atoms. The third kappa shape index (κ3) is 4.12. The highest BCUT2D eigenvalue weighted by atomic mass is 32.2. The van der Waals surface area contributed by atoms with E-state index in [0.717, 1.165) is 6.26 Å². The molecule has 5 nitrogen and oxygen atoms in total. The molecule has 0 unspecified atom stereocenters. The number of carbonyl (C=O) groups excluding carboxylic acids is 1. The van der Waals surface area contributed by atoms with Crippen LogP contribution in [0.15, 0.2) is 29.2 Å². The van der Waals surface area contributed by atoms with Crippen LogP contribution in [0.2, 0.25) is 0 Å². The van der Waals surface area contributed by atoms with Gasteiger partial charge in [-0.25, -0.2) is 13.2 Å². The quantitative estimate of drug-likeness (QED) is 0.621. The van der Waals surface area contributed by atoms with Gasteiger partial charge in [0.1, 0.15) is 5.60 Å². The molecule has 0 aromatic heterocycles. The lowest BCUT2D eigenvalue weighted by Gasteiger charge is -2.17. The smallest absolute Gasteiger partial charge is 0.292 e. The van der Waals surface area contributed by atoms with E-state index in [1.807, 2.05) is 0 Å². The monoisotopic (exact) mass is 272 g/mol. The molecule has 0 radical (unpaired) electrons. The zero-order valence-corrected chi connectivity index (χ0v) is 11.6. The highest BCUT2D eigenvalue weighted by Gasteiger charge is 2.22. The summed E-state index contributed by atoms with van der Waals surface area (Å²) in [6, 6.07) is 5.83. The molecule has 0 amide bonds. The van der Waals surface area contributed by atoms with Crippen molar-refractivity contribution < 1.29 is 23.0 Å². The van der Waals surface area contributed by atoms with Crippen LogP contribution < -0.4 is 0 Å². The number of sulfone groups is 1. The fourth-order valence-corrected chi connectivity index (χ4v) is 2.04. The summed E-state index contributed by atoms with van der Waals surface area (Å²) in [4.78, 5) is 21.2. The predicted octanol–water partition coefficient (Wildman–Crippen LogP) is 1.98. The topological polar surface area (TPSA) is 69.7 Å².